The van der Waals surface area contributed by atoms with Crippen molar-refractivity contribution in [3.63, 3.8) is 0 Å². The summed E-state index contributed by atoms with van der Waals surface area (Å²) in [6.45, 7) is 0.349. The van der Waals surface area contributed by atoms with Gasteiger partial charge in [-0.1, -0.05) is 29.6 Å². The Morgan fingerprint density at radius 3 is 2.57 bits per heavy atom. The van der Waals surface area contributed by atoms with Crippen LogP contribution >= 0.6 is 23.2 Å². The second kappa shape index (κ2) is 6.71. The quantitative estimate of drug-likeness (QED) is 0.708. The number of nitrogens with one attached hydrogen (secondary N) is 1. The smallest absolute Gasteiger partial charge is 0.244 e. The third-order valence-corrected chi connectivity index (χ3v) is 6.06. The van der Waals surface area contributed by atoms with Gasteiger partial charge in [-0.05, 0) is 36.8 Å². The van der Waals surface area contributed by atoms with Gasteiger partial charge in [-0.2, -0.15) is 0 Å². The number of hydrogen-bond acceptors (Lipinski definition) is 4. The number of nitrogen functional groups attached to an aromatic ring is 1. The zero-order valence-electron chi connectivity index (χ0n) is 11.4. The molecule has 1 aromatic rings. The van der Waals surface area contributed by atoms with Crippen LogP contribution in [0.2, 0.25) is 10.0 Å². The maximum Gasteiger partial charge on any atom is 0.244 e. The first-order valence-electron chi connectivity index (χ1n) is 6.70. The molecule has 0 amide bonds. The Morgan fingerprint density at radius 2 is 1.95 bits per heavy atom. The van der Waals surface area contributed by atoms with E-state index in [1.165, 1.54) is 12.1 Å². The van der Waals surface area contributed by atoms with Gasteiger partial charge in [0.05, 0.1) is 10.7 Å². The van der Waals surface area contributed by atoms with Crippen LogP contribution in [0, 0.1) is 11.8 Å². The van der Waals surface area contributed by atoms with Crippen LogP contribution in [0.3, 0.4) is 0 Å². The molecule has 0 radical (unpaired) electrons. The largest absolute Gasteiger partial charge is 0.398 e. The second-order valence-corrected chi connectivity index (χ2v) is 7.84. The van der Waals surface area contributed by atoms with E-state index in [2.05, 4.69) is 4.72 Å². The second-order valence-electron chi connectivity index (χ2n) is 5.29. The number of hydrogen-bond donors (Lipinski definition) is 3. The number of benzene rings is 1. The molecule has 0 aromatic heterocycles. The number of halogens is 2. The summed E-state index contributed by atoms with van der Waals surface area (Å²) in [7, 11) is -3.80. The molecule has 118 valence electrons. The Kier molecular flexibility index (Phi) is 5.38. The van der Waals surface area contributed by atoms with E-state index in [0.717, 1.165) is 19.3 Å². The normalized spacial score (nSPS) is 22.6. The first-order valence-corrected chi connectivity index (χ1v) is 8.94. The first kappa shape index (κ1) is 16.8. The van der Waals surface area contributed by atoms with Gasteiger partial charge >= 0.3 is 0 Å². The summed E-state index contributed by atoms with van der Waals surface area (Å²) in [5.74, 6) is 0.280. The van der Waals surface area contributed by atoms with Crippen molar-refractivity contribution < 1.29 is 13.5 Å². The Hall–Kier alpha value is -0.530. The molecular formula is C13H18Cl2N2O3S. The molecule has 5 nitrogen and oxygen atoms in total. The van der Waals surface area contributed by atoms with Gasteiger partial charge < -0.3 is 10.8 Å². The standard InChI is InChI=1S/C13H18Cl2N2O3S/c14-10-4-11(15)13(12(16)5-10)21(19,20)17-6-8-2-1-3-9(8)7-18/h4-5,8-9,17-18H,1-3,6-7,16H2. The molecule has 0 heterocycles. The average Bonchev–Trinajstić information content (AvgIpc) is 2.82. The van der Waals surface area contributed by atoms with Crippen molar-refractivity contribution in [3.8, 4) is 0 Å². The number of sulfonamides is 1. The minimum atomic E-state index is -3.80. The van der Waals surface area contributed by atoms with Crippen molar-refractivity contribution in [2.45, 2.75) is 24.2 Å². The lowest BCUT2D eigenvalue weighted by molar-refractivity contribution is 0.195. The summed E-state index contributed by atoms with van der Waals surface area (Å²) < 4.78 is 27.2. The van der Waals surface area contributed by atoms with Crippen molar-refractivity contribution >= 4 is 38.9 Å². The van der Waals surface area contributed by atoms with E-state index in [4.69, 9.17) is 28.9 Å². The van der Waals surface area contributed by atoms with Gasteiger partial charge in [0, 0.05) is 18.2 Å². The van der Waals surface area contributed by atoms with E-state index < -0.39 is 10.0 Å². The van der Waals surface area contributed by atoms with Gasteiger partial charge in [0.15, 0.2) is 0 Å². The third-order valence-electron chi connectivity index (χ3n) is 3.89. The molecule has 0 bridgehead atoms. The third kappa shape index (κ3) is 3.81. The minimum Gasteiger partial charge on any atom is -0.398 e. The Morgan fingerprint density at radius 1 is 1.29 bits per heavy atom. The van der Waals surface area contributed by atoms with Crippen LogP contribution < -0.4 is 10.5 Å². The highest BCUT2D eigenvalue weighted by Gasteiger charge is 2.29. The molecule has 2 atom stereocenters. The SMILES string of the molecule is Nc1cc(Cl)cc(Cl)c1S(=O)(=O)NCC1CCCC1CO. The van der Waals surface area contributed by atoms with Crippen LogP contribution in [0.5, 0.6) is 0 Å². The number of rotatable bonds is 5. The minimum absolute atomic E-state index is 0.00219. The highest BCUT2D eigenvalue weighted by atomic mass is 35.5. The van der Waals surface area contributed by atoms with Crippen LogP contribution in [0.15, 0.2) is 17.0 Å². The van der Waals surface area contributed by atoms with E-state index in [-0.39, 0.29) is 45.6 Å². The molecule has 0 spiro atoms. The summed E-state index contributed by atoms with van der Waals surface area (Å²) in [6.07, 6.45) is 2.83. The summed E-state index contributed by atoms with van der Waals surface area (Å²) in [5, 5.41) is 9.55. The molecule has 21 heavy (non-hydrogen) atoms. The van der Waals surface area contributed by atoms with Crippen LogP contribution in [0.25, 0.3) is 0 Å². The summed E-state index contributed by atoms with van der Waals surface area (Å²) in [5.41, 5.74) is 5.74. The topological polar surface area (TPSA) is 92.4 Å². The molecule has 1 saturated carbocycles. The maximum atomic E-state index is 12.4. The maximum absolute atomic E-state index is 12.4. The number of nitrogens with two attached hydrogens (primary N) is 1. The van der Waals surface area contributed by atoms with Crippen molar-refractivity contribution in [1.82, 2.24) is 4.72 Å². The van der Waals surface area contributed by atoms with Gasteiger partial charge in [-0.25, -0.2) is 13.1 Å². The average molecular weight is 353 g/mol. The number of aliphatic hydroxyl groups excluding tert-OH is 1. The number of aliphatic hydroxyl groups is 1. The van der Waals surface area contributed by atoms with E-state index in [1.54, 1.807) is 0 Å². The van der Waals surface area contributed by atoms with Crippen molar-refractivity contribution in [2.75, 3.05) is 18.9 Å². The zero-order valence-corrected chi connectivity index (χ0v) is 13.7. The number of anilines is 1. The highest BCUT2D eigenvalue weighted by Crippen LogP contribution is 2.33. The Bertz CT molecular complexity index is 599. The summed E-state index contributed by atoms with van der Waals surface area (Å²) in [6, 6.07) is 2.70. The van der Waals surface area contributed by atoms with Gasteiger partial charge in [0.1, 0.15) is 4.90 Å². The van der Waals surface area contributed by atoms with Crippen LogP contribution in [-0.4, -0.2) is 26.7 Å². The molecule has 0 saturated heterocycles. The van der Waals surface area contributed by atoms with E-state index in [9.17, 15) is 13.5 Å². The van der Waals surface area contributed by atoms with Crippen LogP contribution in [-0.2, 0) is 10.0 Å². The lowest BCUT2D eigenvalue weighted by Gasteiger charge is -2.18. The van der Waals surface area contributed by atoms with Gasteiger partial charge in [-0.3, -0.25) is 0 Å². The van der Waals surface area contributed by atoms with Gasteiger partial charge in [0.25, 0.3) is 0 Å². The Balaban J connectivity index is 2.16. The lowest BCUT2D eigenvalue weighted by atomic mass is 9.97. The van der Waals surface area contributed by atoms with Gasteiger partial charge in [-0.15, -0.1) is 0 Å². The van der Waals surface area contributed by atoms with Crippen molar-refractivity contribution in [1.29, 1.82) is 0 Å². The van der Waals surface area contributed by atoms with Crippen LogP contribution in [0.4, 0.5) is 5.69 Å². The van der Waals surface area contributed by atoms with E-state index in [0.29, 0.717) is 0 Å². The predicted octanol–water partition coefficient (Wildman–Crippen LogP) is 2.26. The molecule has 4 N–H and O–H groups in total. The Labute approximate surface area is 134 Å². The zero-order chi connectivity index (χ0) is 15.6. The monoisotopic (exact) mass is 352 g/mol. The lowest BCUT2D eigenvalue weighted by Crippen LogP contribution is -2.32. The fraction of sp³-hybridized carbons (Fsp3) is 0.538. The van der Waals surface area contributed by atoms with E-state index in [1.807, 2.05) is 0 Å². The fourth-order valence-electron chi connectivity index (χ4n) is 2.78. The first-order chi connectivity index (χ1) is 9.85. The van der Waals surface area contributed by atoms with Gasteiger partial charge in [0.2, 0.25) is 10.0 Å². The van der Waals surface area contributed by atoms with Crippen molar-refractivity contribution in [3.05, 3.63) is 22.2 Å². The molecule has 1 aromatic carbocycles. The summed E-state index contributed by atoms with van der Waals surface area (Å²) >= 11 is 11.7. The fourth-order valence-corrected chi connectivity index (χ4v) is 4.85. The molecule has 1 aliphatic rings. The van der Waals surface area contributed by atoms with Crippen LogP contribution in [0.1, 0.15) is 19.3 Å². The summed E-state index contributed by atoms with van der Waals surface area (Å²) in [4.78, 5) is -0.146. The molecular weight excluding hydrogens is 335 g/mol. The molecule has 8 heteroatoms. The van der Waals surface area contributed by atoms with E-state index >= 15 is 0 Å². The highest BCUT2D eigenvalue weighted by molar-refractivity contribution is 7.89. The molecule has 2 unspecified atom stereocenters. The molecule has 2 rings (SSSR count). The van der Waals surface area contributed by atoms with Crippen molar-refractivity contribution in [2.24, 2.45) is 11.8 Å². The molecule has 1 fully saturated rings. The molecule has 1 aliphatic carbocycles. The molecule has 0 aliphatic heterocycles. The predicted molar refractivity (Wildman–Crippen MR) is 84.0 cm³/mol.